The zero-order chi connectivity index (χ0) is 12.8. The zero-order valence-corrected chi connectivity index (χ0v) is 11.1. The van der Waals surface area contributed by atoms with Gasteiger partial charge >= 0.3 is 0 Å². The SMILES string of the molecule is C=CCCOCCNC(N)=NCCCCCC. The Morgan fingerprint density at radius 1 is 1.35 bits per heavy atom. The van der Waals surface area contributed by atoms with Crippen molar-refractivity contribution in [3.05, 3.63) is 12.7 Å². The number of nitrogens with two attached hydrogens (primary N) is 1. The van der Waals surface area contributed by atoms with Crippen molar-refractivity contribution >= 4 is 5.96 Å². The van der Waals surface area contributed by atoms with Crippen molar-refractivity contribution in [3.63, 3.8) is 0 Å². The Balaban J connectivity index is 3.28. The number of unbranched alkanes of at least 4 members (excludes halogenated alkanes) is 3. The highest BCUT2D eigenvalue weighted by Gasteiger charge is 1.91. The van der Waals surface area contributed by atoms with Crippen LogP contribution in [0.15, 0.2) is 17.6 Å². The highest BCUT2D eigenvalue weighted by atomic mass is 16.5. The molecule has 0 aliphatic carbocycles. The van der Waals surface area contributed by atoms with Crippen LogP contribution in [0.1, 0.15) is 39.0 Å². The molecule has 0 aromatic heterocycles. The van der Waals surface area contributed by atoms with Crippen LogP contribution in [0.25, 0.3) is 0 Å². The molecule has 0 spiro atoms. The topological polar surface area (TPSA) is 59.6 Å². The molecule has 0 amide bonds. The van der Waals surface area contributed by atoms with Gasteiger partial charge in [-0.1, -0.05) is 32.3 Å². The Kier molecular flexibility index (Phi) is 12.2. The maximum Gasteiger partial charge on any atom is 0.188 e. The molecule has 0 saturated carbocycles. The Labute approximate surface area is 105 Å². The third kappa shape index (κ3) is 12.9. The molecular formula is C13H27N3O. The van der Waals surface area contributed by atoms with Gasteiger partial charge in [-0.3, -0.25) is 4.99 Å². The van der Waals surface area contributed by atoms with E-state index in [2.05, 4.69) is 23.8 Å². The van der Waals surface area contributed by atoms with Gasteiger partial charge in [0, 0.05) is 13.1 Å². The molecule has 4 heteroatoms. The molecule has 0 unspecified atom stereocenters. The van der Waals surface area contributed by atoms with Gasteiger partial charge in [0.25, 0.3) is 0 Å². The fourth-order valence-corrected chi connectivity index (χ4v) is 1.31. The molecule has 17 heavy (non-hydrogen) atoms. The summed E-state index contributed by atoms with van der Waals surface area (Å²) in [6.45, 7) is 8.73. The second-order valence-electron chi connectivity index (χ2n) is 3.94. The van der Waals surface area contributed by atoms with Gasteiger partial charge in [-0.15, -0.1) is 6.58 Å². The summed E-state index contributed by atoms with van der Waals surface area (Å²) in [6.07, 6.45) is 7.62. The molecule has 0 bridgehead atoms. The second kappa shape index (κ2) is 13.0. The van der Waals surface area contributed by atoms with Gasteiger partial charge in [-0.2, -0.15) is 0 Å². The largest absolute Gasteiger partial charge is 0.379 e. The average molecular weight is 241 g/mol. The summed E-state index contributed by atoms with van der Waals surface area (Å²) >= 11 is 0. The van der Waals surface area contributed by atoms with Gasteiger partial charge in [-0.05, 0) is 12.8 Å². The molecule has 4 nitrogen and oxygen atoms in total. The molecular weight excluding hydrogens is 214 g/mol. The van der Waals surface area contributed by atoms with Crippen molar-refractivity contribution in [2.24, 2.45) is 10.7 Å². The first-order valence-corrected chi connectivity index (χ1v) is 6.53. The third-order valence-corrected chi connectivity index (χ3v) is 2.31. The molecule has 0 aromatic carbocycles. The molecule has 0 fully saturated rings. The molecule has 100 valence electrons. The Bertz CT molecular complexity index is 205. The Morgan fingerprint density at radius 2 is 2.18 bits per heavy atom. The third-order valence-electron chi connectivity index (χ3n) is 2.31. The fourth-order valence-electron chi connectivity index (χ4n) is 1.31. The number of nitrogens with one attached hydrogen (secondary N) is 1. The van der Waals surface area contributed by atoms with Crippen molar-refractivity contribution in [2.75, 3.05) is 26.3 Å². The number of rotatable bonds is 11. The summed E-state index contributed by atoms with van der Waals surface area (Å²) < 4.78 is 5.34. The van der Waals surface area contributed by atoms with Crippen LogP contribution in [-0.2, 0) is 4.74 Å². The first-order chi connectivity index (χ1) is 8.31. The quantitative estimate of drug-likeness (QED) is 0.252. The first kappa shape index (κ1) is 16.0. The molecule has 0 aromatic rings. The number of ether oxygens (including phenoxy) is 1. The lowest BCUT2D eigenvalue weighted by Crippen LogP contribution is -2.34. The van der Waals surface area contributed by atoms with E-state index in [9.17, 15) is 0 Å². The van der Waals surface area contributed by atoms with Crippen LogP contribution in [0.4, 0.5) is 0 Å². The minimum Gasteiger partial charge on any atom is -0.379 e. The molecule has 0 rings (SSSR count). The van der Waals surface area contributed by atoms with Crippen LogP contribution in [0.5, 0.6) is 0 Å². The number of hydrogen-bond donors (Lipinski definition) is 2. The van der Waals surface area contributed by atoms with E-state index in [4.69, 9.17) is 10.5 Å². The molecule has 0 aliphatic rings. The van der Waals surface area contributed by atoms with E-state index in [0.29, 0.717) is 19.1 Å². The average Bonchev–Trinajstić information content (AvgIpc) is 2.33. The van der Waals surface area contributed by atoms with Gasteiger partial charge in [0.15, 0.2) is 5.96 Å². The van der Waals surface area contributed by atoms with Crippen LogP contribution in [0.2, 0.25) is 0 Å². The standard InChI is InChI=1S/C13H27N3O/c1-3-5-7-8-9-15-13(14)16-10-12-17-11-6-4-2/h4H,2-3,5-12H2,1H3,(H3,14,15,16). The summed E-state index contributed by atoms with van der Waals surface area (Å²) in [6, 6.07) is 0. The van der Waals surface area contributed by atoms with Crippen molar-refractivity contribution < 1.29 is 4.74 Å². The normalized spacial score (nSPS) is 11.5. The Hall–Kier alpha value is -1.03. The van der Waals surface area contributed by atoms with E-state index in [1.807, 2.05) is 6.08 Å². The van der Waals surface area contributed by atoms with Gasteiger partial charge in [-0.25, -0.2) is 0 Å². The summed E-state index contributed by atoms with van der Waals surface area (Å²) in [5.74, 6) is 0.522. The van der Waals surface area contributed by atoms with E-state index in [-0.39, 0.29) is 0 Å². The number of nitrogens with zero attached hydrogens (tertiary/aromatic N) is 1. The maximum absolute atomic E-state index is 5.70. The lowest BCUT2D eigenvalue weighted by Gasteiger charge is -2.06. The van der Waals surface area contributed by atoms with E-state index in [1.54, 1.807) is 0 Å². The molecule has 0 aliphatic heterocycles. The predicted octanol–water partition coefficient (Wildman–Crippen LogP) is 2.06. The van der Waals surface area contributed by atoms with Crippen molar-refractivity contribution in [3.8, 4) is 0 Å². The van der Waals surface area contributed by atoms with Crippen LogP contribution < -0.4 is 11.1 Å². The van der Waals surface area contributed by atoms with E-state index in [1.165, 1.54) is 19.3 Å². The van der Waals surface area contributed by atoms with Crippen LogP contribution >= 0.6 is 0 Å². The van der Waals surface area contributed by atoms with Crippen molar-refractivity contribution in [1.82, 2.24) is 5.32 Å². The zero-order valence-electron chi connectivity index (χ0n) is 11.1. The highest BCUT2D eigenvalue weighted by Crippen LogP contribution is 1.98. The van der Waals surface area contributed by atoms with Crippen molar-refractivity contribution in [2.45, 2.75) is 39.0 Å². The smallest absolute Gasteiger partial charge is 0.188 e. The number of guanidine groups is 1. The van der Waals surface area contributed by atoms with Gasteiger partial charge in [0.1, 0.15) is 0 Å². The summed E-state index contributed by atoms with van der Waals surface area (Å²) in [5.41, 5.74) is 5.70. The van der Waals surface area contributed by atoms with Gasteiger partial charge in [0.05, 0.1) is 13.2 Å². The lowest BCUT2D eigenvalue weighted by atomic mass is 10.2. The predicted molar refractivity (Wildman–Crippen MR) is 74.3 cm³/mol. The molecule has 0 saturated heterocycles. The van der Waals surface area contributed by atoms with Crippen molar-refractivity contribution in [1.29, 1.82) is 0 Å². The van der Waals surface area contributed by atoms with Gasteiger partial charge in [0.2, 0.25) is 0 Å². The first-order valence-electron chi connectivity index (χ1n) is 6.53. The maximum atomic E-state index is 5.70. The summed E-state index contributed by atoms with van der Waals surface area (Å²) in [4.78, 5) is 4.24. The minimum atomic E-state index is 0.522. The van der Waals surface area contributed by atoms with E-state index < -0.39 is 0 Å². The fraction of sp³-hybridized carbons (Fsp3) is 0.769. The van der Waals surface area contributed by atoms with Crippen LogP contribution in [0, 0.1) is 0 Å². The summed E-state index contributed by atoms with van der Waals surface area (Å²) in [7, 11) is 0. The monoisotopic (exact) mass is 241 g/mol. The number of hydrogen-bond acceptors (Lipinski definition) is 2. The molecule has 0 heterocycles. The summed E-state index contributed by atoms with van der Waals surface area (Å²) in [5, 5.41) is 3.03. The number of aliphatic imine (C=N–C) groups is 1. The van der Waals surface area contributed by atoms with Crippen LogP contribution in [-0.4, -0.2) is 32.3 Å². The van der Waals surface area contributed by atoms with E-state index >= 15 is 0 Å². The van der Waals surface area contributed by atoms with Gasteiger partial charge < -0.3 is 15.8 Å². The van der Waals surface area contributed by atoms with E-state index in [0.717, 1.165) is 26.0 Å². The molecule has 0 radical (unpaired) electrons. The Morgan fingerprint density at radius 3 is 2.88 bits per heavy atom. The second-order valence-corrected chi connectivity index (χ2v) is 3.94. The minimum absolute atomic E-state index is 0.522. The highest BCUT2D eigenvalue weighted by molar-refractivity contribution is 5.77. The molecule has 3 N–H and O–H groups in total. The van der Waals surface area contributed by atoms with Crippen LogP contribution in [0.3, 0.4) is 0 Å². The molecule has 0 atom stereocenters. The lowest BCUT2D eigenvalue weighted by molar-refractivity contribution is 0.143.